The molecule has 1 aliphatic rings. The SMILES string of the molecule is CC(C)CC(=O)N[C@H](c1ccccn1)C1CCN(Cc2ccccc2F)CC1. The van der Waals surface area contributed by atoms with E-state index >= 15 is 0 Å². The summed E-state index contributed by atoms with van der Waals surface area (Å²) in [4.78, 5) is 19.2. The first-order valence-corrected chi connectivity index (χ1v) is 10.2. The van der Waals surface area contributed by atoms with E-state index in [2.05, 4.69) is 29.0 Å². The maximum atomic E-state index is 13.9. The minimum absolute atomic E-state index is 0.0666. The Kier molecular flexibility index (Phi) is 7.15. The smallest absolute Gasteiger partial charge is 0.220 e. The Morgan fingerprint density at radius 2 is 1.89 bits per heavy atom. The van der Waals surface area contributed by atoms with Crippen LogP contribution in [-0.2, 0) is 11.3 Å². The molecule has 0 radical (unpaired) electrons. The maximum absolute atomic E-state index is 13.9. The van der Waals surface area contributed by atoms with E-state index in [0.29, 0.717) is 24.8 Å². The molecule has 3 rings (SSSR count). The quantitative estimate of drug-likeness (QED) is 0.774. The zero-order valence-electron chi connectivity index (χ0n) is 16.8. The molecule has 1 aromatic heterocycles. The van der Waals surface area contributed by atoms with E-state index in [1.54, 1.807) is 12.3 Å². The molecule has 0 saturated carbocycles. The number of rotatable bonds is 7. The predicted molar refractivity (Wildman–Crippen MR) is 109 cm³/mol. The molecule has 5 heteroatoms. The third kappa shape index (κ3) is 5.61. The number of carbonyl (C=O) groups is 1. The first-order valence-electron chi connectivity index (χ1n) is 10.2. The van der Waals surface area contributed by atoms with Crippen LogP contribution in [0.15, 0.2) is 48.7 Å². The molecule has 1 aliphatic heterocycles. The second-order valence-corrected chi connectivity index (χ2v) is 8.10. The van der Waals surface area contributed by atoms with Gasteiger partial charge in [0.05, 0.1) is 11.7 Å². The zero-order chi connectivity index (χ0) is 19.9. The van der Waals surface area contributed by atoms with Crippen molar-refractivity contribution in [1.82, 2.24) is 15.2 Å². The molecular formula is C23H30FN3O. The lowest BCUT2D eigenvalue weighted by molar-refractivity contribution is -0.123. The molecule has 1 aromatic carbocycles. The van der Waals surface area contributed by atoms with Gasteiger partial charge in [-0.3, -0.25) is 14.7 Å². The van der Waals surface area contributed by atoms with Gasteiger partial charge >= 0.3 is 0 Å². The number of halogens is 1. The monoisotopic (exact) mass is 383 g/mol. The fourth-order valence-electron chi connectivity index (χ4n) is 3.91. The van der Waals surface area contributed by atoms with Crippen LogP contribution < -0.4 is 5.32 Å². The summed E-state index contributed by atoms with van der Waals surface area (Å²) in [6, 6.07) is 12.8. The van der Waals surface area contributed by atoms with Gasteiger partial charge in [-0.1, -0.05) is 38.1 Å². The van der Waals surface area contributed by atoms with Crippen LogP contribution in [0.3, 0.4) is 0 Å². The fraction of sp³-hybridized carbons (Fsp3) is 0.478. The topological polar surface area (TPSA) is 45.2 Å². The highest BCUT2D eigenvalue weighted by atomic mass is 19.1. The van der Waals surface area contributed by atoms with Crippen LogP contribution in [0.5, 0.6) is 0 Å². The van der Waals surface area contributed by atoms with E-state index in [1.165, 1.54) is 6.07 Å². The van der Waals surface area contributed by atoms with Crippen LogP contribution in [0.2, 0.25) is 0 Å². The Labute approximate surface area is 167 Å². The Hall–Kier alpha value is -2.27. The number of pyridine rings is 1. The van der Waals surface area contributed by atoms with Crippen molar-refractivity contribution in [2.24, 2.45) is 11.8 Å². The molecule has 0 spiro atoms. The molecular weight excluding hydrogens is 353 g/mol. The van der Waals surface area contributed by atoms with Crippen molar-refractivity contribution >= 4 is 5.91 Å². The summed E-state index contributed by atoms with van der Waals surface area (Å²) in [5, 5.41) is 3.23. The van der Waals surface area contributed by atoms with Crippen LogP contribution in [0.4, 0.5) is 4.39 Å². The molecule has 2 aromatic rings. The van der Waals surface area contributed by atoms with E-state index in [4.69, 9.17) is 0 Å². The number of benzene rings is 1. The molecule has 28 heavy (non-hydrogen) atoms. The van der Waals surface area contributed by atoms with E-state index in [9.17, 15) is 9.18 Å². The number of nitrogens with one attached hydrogen (secondary N) is 1. The van der Waals surface area contributed by atoms with Gasteiger partial charge in [0.1, 0.15) is 5.82 Å². The number of aromatic nitrogens is 1. The number of likely N-dealkylation sites (tertiary alicyclic amines) is 1. The molecule has 0 aliphatic carbocycles. The lowest BCUT2D eigenvalue weighted by Gasteiger charge is -2.36. The van der Waals surface area contributed by atoms with Crippen LogP contribution in [0.25, 0.3) is 0 Å². The zero-order valence-corrected chi connectivity index (χ0v) is 16.8. The fourth-order valence-corrected chi connectivity index (χ4v) is 3.91. The summed E-state index contributed by atoms with van der Waals surface area (Å²) in [6.45, 7) is 6.52. The lowest BCUT2D eigenvalue weighted by Crippen LogP contribution is -2.41. The third-order valence-corrected chi connectivity index (χ3v) is 5.37. The molecule has 0 unspecified atom stereocenters. The van der Waals surface area contributed by atoms with Crippen LogP contribution in [-0.4, -0.2) is 28.9 Å². The highest BCUT2D eigenvalue weighted by Gasteiger charge is 2.30. The normalized spacial score (nSPS) is 16.9. The van der Waals surface area contributed by atoms with Gasteiger partial charge in [-0.25, -0.2) is 4.39 Å². The molecule has 150 valence electrons. The summed E-state index contributed by atoms with van der Waals surface area (Å²) in [7, 11) is 0. The van der Waals surface area contributed by atoms with Gasteiger partial charge in [-0.15, -0.1) is 0 Å². The van der Waals surface area contributed by atoms with Crippen molar-refractivity contribution in [3.63, 3.8) is 0 Å². The van der Waals surface area contributed by atoms with E-state index in [-0.39, 0.29) is 17.8 Å². The molecule has 0 bridgehead atoms. The minimum Gasteiger partial charge on any atom is -0.347 e. The van der Waals surface area contributed by atoms with E-state index in [0.717, 1.165) is 37.2 Å². The predicted octanol–water partition coefficient (Wildman–Crippen LogP) is 4.34. The van der Waals surface area contributed by atoms with Crippen molar-refractivity contribution in [2.45, 2.75) is 45.7 Å². The second-order valence-electron chi connectivity index (χ2n) is 8.10. The van der Waals surface area contributed by atoms with E-state index in [1.807, 2.05) is 30.3 Å². The maximum Gasteiger partial charge on any atom is 0.220 e. The summed E-state index contributed by atoms with van der Waals surface area (Å²) in [5.41, 5.74) is 1.67. The highest BCUT2D eigenvalue weighted by molar-refractivity contribution is 5.76. The first kappa shape index (κ1) is 20.5. The number of carbonyl (C=O) groups excluding carboxylic acids is 1. The Bertz CT molecular complexity index is 757. The lowest BCUT2D eigenvalue weighted by atomic mass is 9.87. The molecule has 1 saturated heterocycles. The molecule has 1 atom stereocenters. The number of amides is 1. The molecule has 1 N–H and O–H groups in total. The van der Waals surface area contributed by atoms with Gasteiger partial charge < -0.3 is 5.32 Å². The van der Waals surface area contributed by atoms with Crippen LogP contribution in [0, 0.1) is 17.7 Å². The van der Waals surface area contributed by atoms with Crippen molar-refractivity contribution in [3.05, 3.63) is 65.7 Å². The minimum atomic E-state index is -0.142. The third-order valence-electron chi connectivity index (χ3n) is 5.37. The standard InChI is InChI=1S/C23H30FN3O/c1-17(2)15-22(28)26-23(21-9-5-6-12-25-21)18-10-13-27(14-11-18)16-19-7-3-4-8-20(19)24/h3-9,12,17-18,23H,10-11,13-16H2,1-2H3,(H,26,28)/t23-/m0/s1. The summed E-state index contributed by atoms with van der Waals surface area (Å²) in [6.07, 6.45) is 4.22. The van der Waals surface area contributed by atoms with Gasteiger partial charge in [0.2, 0.25) is 5.91 Å². The molecule has 1 amide bonds. The number of hydrogen-bond acceptors (Lipinski definition) is 3. The van der Waals surface area contributed by atoms with Gasteiger partial charge in [0.25, 0.3) is 0 Å². The van der Waals surface area contributed by atoms with Crippen LogP contribution in [0.1, 0.15) is 50.4 Å². The van der Waals surface area contributed by atoms with Gasteiger partial charge in [-0.2, -0.15) is 0 Å². The molecule has 4 nitrogen and oxygen atoms in total. The molecule has 1 fully saturated rings. The largest absolute Gasteiger partial charge is 0.347 e. The first-order chi connectivity index (χ1) is 13.5. The van der Waals surface area contributed by atoms with Crippen molar-refractivity contribution in [3.8, 4) is 0 Å². The van der Waals surface area contributed by atoms with Gasteiger partial charge in [0.15, 0.2) is 0 Å². The van der Waals surface area contributed by atoms with E-state index < -0.39 is 0 Å². The van der Waals surface area contributed by atoms with Crippen molar-refractivity contribution in [2.75, 3.05) is 13.1 Å². The van der Waals surface area contributed by atoms with Gasteiger partial charge in [0, 0.05) is 24.7 Å². The van der Waals surface area contributed by atoms with Gasteiger partial charge in [-0.05, 0) is 56.0 Å². The highest BCUT2D eigenvalue weighted by Crippen LogP contribution is 2.31. The van der Waals surface area contributed by atoms with Crippen LogP contribution >= 0.6 is 0 Å². The van der Waals surface area contributed by atoms with Crippen molar-refractivity contribution in [1.29, 1.82) is 0 Å². The Morgan fingerprint density at radius 1 is 1.18 bits per heavy atom. The summed E-state index contributed by atoms with van der Waals surface area (Å²) < 4.78 is 13.9. The Morgan fingerprint density at radius 3 is 2.54 bits per heavy atom. The summed E-state index contributed by atoms with van der Waals surface area (Å²) in [5.74, 6) is 0.603. The number of nitrogens with zero attached hydrogens (tertiary/aromatic N) is 2. The molecule has 2 heterocycles. The second kappa shape index (κ2) is 9.78. The summed E-state index contributed by atoms with van der Waals surface area (Å²) >= 11 is 0. The van der Waals surface area contributed by atoms with Crippen molar-refractivity contribution < 1.29 is 9.18 Å². The number of piperidine rings is 1. The average Bonchev–Trinajstić information content (AvgIpc) is 2.69. The number of hydrogen-bond donors (Lipinski definition) is 1. The Balaban J connectivity index is 1.64. The average molecular weight is 384 g/mol.